The Morgan fingerprint density at radius 2 is 1.97 bits per heavy atom. The van der Waals surface area contributed by atoms with Crippen LogP contribution >= 0.6 is 0 Å². The Morgan fingerprint density at radius 3 is 2.62 bits per heavy atom. The number of aryl methyl sites for hydroxylation is 3. The number of ether oxygens (including phenoxy) is 1. The van der Waals surface area contributed by atoms with Crippen LogP contribution in [0, 0.1) is 12.8 Å². The summed E-state index contributed by atoms with van der Waals surface area (Å²) in [6.45, 7) is 4.74. The van der Waals surface area contributed by atoms with E-state index >= 15 is 0 Å². The second-order valence-electron chi connectivity index (χ2n) is 7.99. The number of halogens is 3. The number of alkyl halides is 3. The molecule has 1 amide bonds. The predicted molar refractivity (Wildman–Crippen MR) is 116 cm³/mol. The topological polar surface area (TPSA) is 85.2 Å². The summed E-state index contributed by atoms with van der Waals surface area (Å²) in [6, 6.07) is -0.299. The number of rotatable bonds is 8. The van der Waals surface area contributed by atoms with Crippen LogP contribution in [0.1, 0.15) is 38.4 Å². The Hall–Kier alpha value is -2.69. The van der Waals surface area contributed by atoms with Gasteiger partial charge in [-0.2, -0.15) is 18.3 Å². The van der Waals surface area contributed by atoms with Crippen LogP contribution in [0.5, 0.6) is 0 Å². The molecule has 11 heteroatoms. The monoisotopic (exact) mass is 456 g/mol. The first-order chi connectivity index (χ1) is 14.5. The van der Waals surface area contributed by atoms with Gasteiger partial charge in [-0.05, 0) is 24.8 Å². The van der Waals surface area contributed by atoms with E-state index in [1.807, 2.05) is 32.7 Å². The SMILES string of the molecule is C.Cc1nc(CCc2cnn(CCOCC(F)(F)F)c2)nc2c1NC(=O)[C@H](C(C)C)N2C. The van der Waals surface area contributed by atoms with Crippen LogP contribution in [-0.2, 0) is 28.9 Å². The van der Waals surface area contributed by atoms with E-state index in [0.717, 1.165) is 5.56 Å². The number of amides is 1. The van der Waals surface area contributed by atoms with Crippen molar-refractivity contribution >= 4 is 17.4 Å². The molecule has 0 unspecified atom stereocenters. The van der Waals surface area contributed by atoms with Crippen LogP contribution in [-0.4, -0.2) is 58.1 Å². The molecule has 0 saturated heterocycles. The fourth-order valence-corrected chi connectivity index (χ4v) is 3.64. The summed E-state index contributed by atoms with van der Waals surface area (Å²) < 4.78 is 42.5. The van der Waals surface area contributed by atoms with Crippen molar-refractivity contribution in [2.24, 2.45) is 5.92 Å². The van der Waals surface area contributed by atoms with E-state index in [-0.39, 0.29) is 38.4 Å². The summed E-state index contributed by atoms with van der Waals surface area (Å²) in [5.41, 5.74) is 2.27. The molecule has 2 aromatic heterocycles. The summed E-state index contributed by atoms with van der Waals surface area (Å²) in [5, 5.41) is 7.09. The number of carbonyl (C=O) groups is 1. The molecular formula is C21H31F3N6O2. The van der Waals surface area contributed by atoms with Crippen LogP contribution in [0.3, 0.4) is 0 Å². The summed E-state index contributed by atoms with van der Waals surface area (Å²) in [4.78, 5) is 23.5. The number of anilines is 2. The average Bonchev–Trinajstić information content (AvgIpc) is 3.11. The predicted octanol–water partition coefficient (Wildman–Crippen LogP) is 3.39. The van der Waals surface area contributed by atoms with Crippen LogP contribution in [0.25, 0.3) is 0 Å². The highest BCUT2D eigenvalue weighted by Crippen LogP contribution is 2.33. The molecule has 0 spiro atoms. The van der Waals surface area contributed by atoms with E-state index in [9.17, 15) is 18.0 Å². The first kappa shape index (κ1) is 25.6. The van der Waals surface area contributed by atoms with Gasteiger partial charge in [0, 0.05) is 19.7 Å². The molecule has 178 valence electrons. The van der Waals surface area contributed by atoms with Crippen molar-refractivity contribution < 1.29 is 22.7 Å². The minimum atomic E-state index is -4.33. The summed E-state index contributed by atoms with van der Waals surface area (Å²) in [5.74, 6) is 1.43. The molecule has 0 saturated carbocycles. The normalized spacial score (nSPS) is 16.1. The number of hydrogen-bond donors (Lipinski definition) is 1. The van der Waals surface area contributed by atoms with Gasteiger partial charge in [0.15, 0.2) is 5.82 Å². The Morgan fingerprint density at radius 1 is 1.25 bits per heavy atom. The van der Waals surface area contributed by atoms with Crippen molar-refractivity contribution in [2.75, 3.05) is 30.5 Å². The molecule has 0 bridgehead atoms. The van der Waals surface area contributed by atoms with Gasteiger partial charge in [-0.3, -0.25) is 9.48 Å². The number of hydrogen-bond acceptors (Lipinski definition) is 6. The zero-order valence-corrected chi connectivity index (χ0v) is 18.0. The Kier molecular flexibility index (Phi) is 8.22. The lowest BCUT2D eigenvalue weighted by atomic mass is 9.99. The zero-order chi connectivity index (χ0) is 22.8. The van der Waals surface area contributed by atoms with Crippen molar-refractivity contribution in [3.8, 4) is 0 Å². The lowest BCUT2D eigenvalue weighted by molar-refractivity contribution is -0.174. The molecule has 0 aromatic carbocycles. The highest BCUT2D eigenvalue weighted by atomic mass is 19.4. The second-order valence-corrected chi connectivity index (χ2v) is 7.99. The molecule has 1 atom stereocenters. The van der Waals surface area contributed by atoms with E-state index in [1.165, 1.54) is 0 Å². The summed E-state index contributed by atoms with van der Waals surface area (Å²) in [6.07, 6.45) is 0.331. The van der Waals surface area contributed by atoms with Crippen molar-refractivity contribution in [1.82, 2.24) is 19.7 Å². The fraction of sp³-hybridized carbons (Fsp3) is 0.619. The zero-order valence-electron chi connectivity index (χ0n) is 18.0. The summed E-state index contributed by atoms with van der Waals surface area (Å²) >= 11 is 0. The number of carbonyl (C=O) groups excluding carboxylic acids is 1. The van der Waals surface area contributed by atoms with Gasteiger partial charge in [0.25, 0.3) is 0 Å². The maximum Gasteiger partial charge on any atom is 0.411 e. The highest BCUT2D eigenvalue weighted by molar-refractivity contribution is 6.03. The average molecular weight is 457 g/mol. The van der Waals surface area contributed by atoms with Gasteiger partial charge in [0.2, 0.25) is 5.91 Å². The Bertz CT molecular complexity index is 929. The van der Waals surface area contributed by atoms with Crippen molar-refractivity contribution in [3.63, 3.8) is 0 Å². The quantitative estimate of drug-likeness (QED) is 0.613. The fourth-order valence-electron chi connectivity index (χ4n) is 3.64. The number of nitrogens with one attached hydrogen (secondary N) is 1. The molecule has 32 heavy (non-hydrogen) atoms. The number of fused-ring (bicyclic) bond motifs is 1. The molecule has 0 aliphatic carbocycles. The van der Waals surface area contributed by atoms with E-state index in [2.05, 4.69) is 25.1 Å². The molecule has 1 N–H and O–H groups in total. The maximum atomic E-state index is 12.4. The van der Waals surface area contributed by atoms with Crippen molar-refractivity contribution in [1.29, 1.82) is 0 Å². The van der Waals surface area contributed by atoms with Gasteiger partial charge >= 0.3 is 6.18 Å². The van der Waals surface area contributed by atoms with E-state index in [1.54, 1.807) is 17.1 Å². The van der Waals surface area contributed by atoms with Crippen LogP contribution in [0.4, 0.5) is 24.7 Å². The third kappa shape index (κ3) is 6.18. The van der Waals surface area contributed by atoms with Crippen LogP contribution in [0.15, 0.2) is 12.4 Å². The number of aromatic nitrogens is 4. The molecular weight excluding hydrogens is 425 g/mol. The third-order valence-electron chi connectivity index (χ3n) is 5.07. The van der Waals surface area contributed by atoms with Gasteiger partial charge in [-0.1, -0.05) is 21.3 Å². The Balaban J connectivity index is 0.00000363. The molecule has 0 radical (unpaired) electrons. The lowest BCUT2D eigenvalue weighted by Crippen LogP contribution is -2.49. The molecule has 3 heterocycles. The van der Waals surface area contributed by atoms with E-state index < -0.39 is 12.8 Å². The smallest absolute Gasteiger partial charge is 0.370 e. The van der Waals surface area contributed by atoms with Crippen molar-refractivity contribution in [3.05, 3.63) is 29.5 Å². The van der Waals surface area contributed by atoms with E-state index in [4.69, 9.17) is 0 Å². The standard InChI is InChI=1S/C20H27F3N6O2.CH4/c1-12(2)17-19(30)27-16-13(3)25-15(26-18(16)28(17)4)6-5-14-9-24-29(10-14)7-8-31-11-20(21,22)23;/h9-10,12,17H,5-8,11H2,1-4H3,(H,27,30);1H4/t17-;/m0./s1. The first-order valence-corrected chi connectivity index (χ1v) is 10.1. The van der Waals surface area contributed by atoms with E-state index in [0.29, 0.717) is 35.9 Å². The van der Waals surface area contributed by atoms with Crippen LogP contribution in [0.2, 0.25) is 0 Å². The second kappa shape index (κ2) is 10.3. The minimum Gasteiger partial charge on any atom is -0.370 e. The number of likely N-dealkylation sites (N-methyl/N-ethyl adjacent to an activating group) is 1. The molecule has 0 fully saturated rings. The maximum absolute atomic E-state index is 12.4. The van der Waals surface area contributed by atoms with Gasteiger partial charge in [0.05, 0.1) is 25.0 Å². The lowest BCUT2D eigenvalue weighted by Gasteiger charge is -2.36. The highest BCUT2D eigenvalue weighted by Gasteiger charge is 2.35. The molecule has 1 aliphatic heterocycles. The van der Waals surface area contributed by atoms with Gasteiger partial charge in [-0.25, -0.2) is 9.97 Å². The van der Waals surface area contributed by atoms with Gasteiger partial charge in [0.1, 0.15) is 24.2 Å². The first-order valence-electron chi connectivity index (χ1n) is 10.1. The van der Waals surface area contributed by atoms with Crippen molar-refractivity contribution in [2.45, 2.75) is 59.8 Å². The largest absolute Gasteiger partial charge is 0.411 e. The van der Waals surface area contributed by atoms with Crippen LogP contribution < -0.4 is 10.2 Å². The minimum absolute atomic E-state index is 0. The molecule has 3 rings (SSSR count). The number of nitrogens with zero attached hydrogens (tertiary/aromatic N) is 5. The molecule has 8 nitrogen and oxygen atoms in total. The van der Waals surface area contributed by atoms with Gasteiger partial charge < -0.3 is 15.0 Å². The molecule has 1 aliphatic rings. The summed E-state index contributed by atoms with van der Waals surface area (Å²) in [7, 11) is 1.86. The Labute approximate surface area is 186 Å². The molecule has 2 aromatic rings. The van der Waals surface area contributed by atoms with Gasteiger partial charge in [-0.15, -0.1) is 0 Å². The third-order valence-corrected chi connectivity index (χ3v) is 5.07.